The summed E-state index contributed by atoms with van der Waals surface area (Å²) in [6.45, 7) is 2.95. The Morgan fingerprint density at radius 2 is 2.38 bits per heavy atom. The highest BCUT2D eigenvalue weighted by atomic mass is 32.2. The van der Waals surface area contributed by atoms with Gasteiger partial charge in [0.1, 0.15) is 12.1 Å². The Bertz CT molecular complexity index is 430. The number of nitrogens with zero attached hydrogens (tertiary/aromatic N) is 3. The summed E-state index contributed by atoms with van der Waals surface area (Å²) in [6, 6.07) is 4.04. The number of pyridine rings is 1. The molecule has 0 aromatic carbocycles. The maximum atomic E-state index is 4.31. The largest absolute Gasteiger partial charge is 0.370 e. The van der Waals surface area contributed by atoms with Crippen molar-refractivity contribution in [3.8, 4) is 0 Å². The maximum absolute atomic E-state index is 4.31. The lowest BCUT2D eigenvalue weighted by Crippen LogP contribution is -2.02. The molecule has 6 heteroatoms. The molecule has 0 fully saturated rings. The maximum Gasteiger partial charge on any atom is 0.170 e. The van der Waals surface area contributed by atoms with E-state index in [9.17, 15) is 0 Å². The fraction of sp³-hybridized carbons (Fsp3) is 0.300. The van der Waals surface area contributed by atoms with Crippen LogP contribution in [0.1, 0.15) is 12.5 Å². The third kappa shape index (κ3) is 2.93. The minimum absolute atomic E-state index is 0.866. The van der Waals surface area contributed by atoms with Crippen molar-refractivity contribution in [3.05, 3.63) is 30.2 Å². The topological polar surface area (TPSA) is 50.7 Å². The first-order valence-electron chi connectivity index (χ1n) is 4.97. The Hall–Kier alpha value is -1.14. The number of thioether (sulfide) groups is 1. The highest BCUT2D eigenvalue weighted by Crippen LogP contribution is 2.25. The Morgan fingerprint density at radius 3 is 3.12 bits per heavy atom. The molecule has 0 saturated heterocycles. The summed E-state index contributed by atoms with van der Waals surface area (Å²) in [6.07, 6.45) is 3.39. The average molecular weight is 252 g/mol. The van der Waals surface area contributed by atoms with Crippen molar-refractivity contribution < 1.29 is 0 Å². The second kappa shape index (κ2) is 5.81. The molecular weight excluding hydrogens is 240 g/mol. The molecule has 1 N–H and O–H groups in total. The van der Waals surface area contributed by atoms with Gasteiger partial charge < -0.3 is 5.32 Å². The highest BCUT2D eigenvalue weighted by molar-refractivity contribution is 8.00. The van der Waals surface area contributed by atoms with Gasteiger partial charge >= 0.3 is 0 Å². The van der Waals surface area contributed by atoms with Gasteiger partial charge in [-0.3, -0.25) is 0 Å². The van der Waals surface area contributed by atoms with Crippen LogP contribution in [-0.4, -0.2) is 20.9 Å². The van der Waals surface area contributed by atoms with E-state index in [1.165, 1.54) is 17.1 Å². The van der Waals surface area contributed by atoms with Gasteiger partial charge in [0.15, 0.2) is 4.34 Å². The van der Waals surface area contributed by atoms with E-state index in [-0.39, 0.29) is 0 Å². The van der Waals surface area contributed by atoms with Gasteiger partial charge in [0.05, 0.1) is 0 Å². The highest BCUT2D eigenvalue weighted by Gasteiger charge is 2.04. The summed E-state index contributed by atoms with van der Waals surface area (Å²) in [7, 11) is 0. The zero-order valence-corrected chi connectivity index (χ0v) is 10.5. The Balaban J connectivity index is 2.03. The van der Waals surface area contributed by atoms with Gasteiger partial charge in [0.25, 0.3) is 0 Å². The van der Waals surface area contributed by atoms with Crippen LogP contribution < -0.4 is 5.32 Å². The minimum atomic E-state index is 0.866. The van der Waals surface area contributed by atoms with Crippen LogP contribution >= 0.6 is 23.3 Å². The molecule has 0 bridgehead atoms. The number of hydrogen-bond acceptors (Lipinski definition) is 6. The molecule has 0 unspecified atom stereocenters. The molecule has 0 aliphatic carbocycles. The third-order valence-electron chi connectivity index (χ3n) is 1.93. The fourth-order valence-corrected chi connectivity index (χ4v) is 2.68. The average Bonchev–Trinajstić information content (AvgIpc) is 2.81. The smallest absolute Gasteiger partial charge is 0.170 e. The monoisotopic (exact) mass is 252 g/mol. The molecular formula is C10H12N4S2. The molecule has 2 aromatic heterocycles. The fourth-order valence-electron chi connectivity index (χ4n) is 1.25. The predicted molar refractivity (Wildman–Crippen MR) is 67.9 cm³/mol. The summed E-state index contributed by atoms with van der Waals surface area (Å²) in [5.41, 5.74) is 1.20. The molecule has 0 radical (unpaired) electrons. The molecule has 0 amide bonds. The van der Waals surface area contributed by atoms with E-state index >= 15 is 0 Å². The number of aromatic nitrogens is 3. The zero-order valence-electron chi connectivity index (χ0n) is 8.88. The summed E-state index contributed by atoms with van der Waals surface area (Å²) in [5.74, 6) is 1.83. The van der Waals surface area contributed by atoms with Crippen LogP contribution in [-0.2, 0) is 5.75 Å². The van der Waals surface area contributed by atoms with E-state index in [0.717, 1.165) is 22.5 Å². The van der Waals surface area contributed by atoms with Crippen molar-refractivity contribution in [1.82, 2.24) is 14.3 Å². The SMILES string of the molecule is CCNc1ncccc1CSc1ncns1. The molecule has 0 spiro atoms. The molecule has 0 saturated carbocycles. The van der Waals surface area contributed by atoms with E-state index in [1.807, 2.05) is 6.07 Å². The Labute approximate surface area is 103 Å². The Morgan fingerprint density at radius 1 is 1.44 bits per heavy atom. The number of rotatable bonds is 5. The first kappa shape index (κ1) is 11.3. The van der Waals surface area contributed by atoms with Crippen molar-refractivity contribution in [2.75, 3.05) is 11.9 Å². The van der Waals surface area contributed by atoms with Gasteiger partial charge in [0.2, 0.25) is 0 Å². The molecule has 2 aromatic rings. The first-order valence-corrected chi connectivity index (χ1v) is 6.73. The van der Waals surface area contributed by atoms with E-state index in [0.29, 0.717) is 0 Å². The van der Waals surface area contributed by atoms with Crippen molar-refractivity contribution in [2.45, 2.75) is 17.0 Å². The van der Waals surface area contributed by atoms with Crippen LogP contribution in [0.15, 0.2) is 29.0 Å². The van der Waals surface area contributed by atoms with Crippen molar-refractivity contribution >= 4 is 29.1 Å². The van der Waals surface area contributed by atoms with Gasteiger partial charge in [0, 0.05) is 24.1 Å². The van der Waals surface area contributed by atoms with E-state index in [4.69, 9.17) is 0 Å². The standard InChI is InChI=1S/C10H12N4S2/c1-2-11-9-8(4-3-5-12-9)6-15-10-13-7-14-16-10/h3-5,7H,2,6H2,1H3,(H,11,12). The quantitative estimate of drug-likeness (QED) is 0.829. The zero-order chi connectivity index (χ0) is 11.2. The molecule has 0 aliphatic heterocycles. The summed E-state index contributed by atoms with van der Waals surface area (Å²) in [5, 5.41) is 3.25. The summed E-state index contributed by atoms with van der Waals surface area (Å²) < 4.78 is 4.96. The van der Waals surface area contributed by atoms with E-state index in [1.54, 1.807) is 24.3 Å². The number of anilines is 1. The molecule has 2 rings (SSSR count). The Kier molecular flexibility index (Phi) is 4.12. The van der Waals surface area contributed by atoms with Crippen LogP contribution in [0.25, 0.3) is 0 Å². The lowest BCUT2D eigenvalue weighted by atomic mass is 10.3. The lowest BCUT2D eigenvalue weighted by molar-refractivity contribution is 1.13. The summed E-state index contributed by atoms with van der Waals surface area (Å²) in [4.78, 5) is 8.45. The number of hydrogen-bond donors (Lipinski definition) is 1. The van der Waals surface area contributed by atoms with Gasteiger partial charge in [-0.25, -0.2) is 9.97 Å². The van der Waals surface area contributed by atoms with Gasteiger partial charge in [-0.1, -0.05) is 17.8 Å². The van der Waals surface area contributed by atoms with Crippen LogP contribution in [0, 0.1) is 0 Å². The van der Waals surface area contributed by atoms with Gasteiger partial charge in [-0.15, -0.1) is 0 Å². The van der Waals surface area contributed by atoms with Gasteiger partial charge in [-0.05, 0) is 24.5 Å². The number of nitrogens with one attached hydrogen (secondary N) is 1. The molecule has 0 aliphatic rings. The first-order chi connectivity index (χ1) is 7.90. The van der Waals surface area contributed by atoms with Crippen LogP contribution in [0.4, 0.5) is 5.82 Å². The second-order valence-corrected chi connectivity index (χ2v) is 5.04. The summed E-state index contributed by atoms with van der Waals surface area (Å²) >= 11 is 3.11. The lowest BCUT2D eigenvalue weighted by Gasteiger charge is -2.07. The van der Waals surface area contributed by atoms with Crippen molar-refractivity contribution in [1.29, 1.82) is 0 Å². The minimum Gasteiger partial charge on any atom is -0.370 e. The van der Waals surface area contributed by atoms with Crippen molar-refractivity contribution in [2.24, 2.45) is 0 Å². The molecule has 16 heavy (non-hydrogen) atoms. The van der Waals surface area contributed by atoms with E-state index < -0.39 is 0 Å². The van der Waals surface area contributed by atoms with Crippen LogP contribution in [0.2, 0.25) is 0 Å². The van der Waals surface area contributed by atoms with Gasteiger partial charge in [-0.2, -0.15) is 4.37 Å². The molecule has 0 atom stereocenters. The van der Waals surface area contributed by atoms with Crippen molar-refractivity contribution in [3.63, 3.8) is 0 Å². The normalized spacial score (nSPS) is 10.3. The van der Waals surface area contributed by atoms with Crippen LogP contribution in [0.3, 0.4) is 0 Å². The van der Waals surface area contributed by atoms with Crippen LogP contribution in [0.5, 0.6) is 0 Å². The molecule has 2 heterocycles. The van der Waals surface area contributed by atoms with E-state index in [2.05, 4.69) is 32.6 Å². The molecule has 4 nitrogen and oxygen atoms in total. The molecule has 84 valence electrons. The predicted octanol–water partition coefficient (Wildman–Crippen LogP) is 2.66. The second-order valence-electron chi connectivity index (χ2n) is 3.04. The third-order valence-corrected chi connectivity index (χ3v) is 3.77.